The van der Waals surface area contributed by atoms with Gasteiger partial charge in [-0.1, -0.05) is 11.6 Å². The van der Waals surface area contributed by atoms with Gasteiger partial charge in [0.1, 0.15) is 6.04 Å². The highest BCUT2D eigenvalue weighted by Crippen LogP contribution is 2.27. The summed E-state index contributed by atoms with van der Waals surface area (Å²) in [4.78, 5) is 51.4. The predicted octanol–water partition coefficient (Wildman–Crippen LogP) is 1.19. The summed E-state index contributed by atoms with van der Waals surface area (Å²) in [5.41, 5.74) is -0.876. The molecule has 1 aromatic carbocycles. The van der Waals surface area contributed by atoms with Crippen molar-refractivity contribution in [1.82, 2.24) is 18.7 Å². The first-order chi connectivity index (χ1) is 13.1. The maximum atomic E-state index is 12.6. The molecule has 0 fully saturated rings. The normalized spacial score (nSPS) is 12.1. The minimum Gasteiger partial charge on any atom is -0.323 e. The second-order valence-corrected chi connectivity index (χ2v) is 6.52. The number of carbonyl (C=O) groups excluding carboxylic acids is 1. The number of nitro benzene ring substituents is 1. The molecule has 1 atom stereocenters. The highest BCUT2D eigenvalue weighted by molar-refractivity contribution is 6.34. The molecule has 3 aromatic rings. The molecule has 2 heterocycles. The Bertz CT molecular complexity index is 1240. The van der Waals surface area contributed by atoms with Gasteiger partial charge in [0.15, 0.2) is 11.2 Å². The van der Waals surface area contributed by atoms with Crippen LogP contribution in [0.1, 0.15) is 13.0 Å². The number of aryl methyl sites for hydroxylation is 1. The van der Waals surface area contributed by atoms with Crippen LogP contribution in [-0.4, -0.2) is 29.5 Å². The molecule has 1 unspecified atom stereocenters. The van der Waals surface area contributed by atoms with E-state index in [1.54, 1.807) is 6.92 Å². The minimum absolute atomic E-state index is 0.00329. The summed E-state index contributed by atoms with van der Waals surface area (Å²) in [5, 5.41) is 13.4. The molecule has 0 bridgehead atoms. The molecule has 0 aliphatic carbocycles. The number of halogens is 1. The Labute approximate surface area is 161 Å². The zero-order valence-corrected chi connectivity index (χ0v) is 15.8. The van der Waals surface area contributed by atoms with E-state index in [4.69, 9.17) is 11.6 Å². The molecule has 1 amide bonds. The first kappa shape index (κ1) is 19.3. The summed E-state index contributed by atoms with van der Waals surface area (Å²) in [5.74, 6) is -0.522. The minimum atomic E-state index is -0.874. The standard InChI is InChI=1S/C16H15ClN6O5/c1-8(14(24)19-11-5-4-9(23(27)28)6-10(11)17)22-7-18-13-12(22)15(25)21(3)16(26)20(13)2/h4-8H,1-3H3,(H,19,24). The molecule has 0 aliphatic rings. The van der Waals surface area contributed by atoms with Gasteiger partial charge in [-0.15, -0.1) is 0 Å². The second kappa shape index (κ2) is 6.93. The zero-order valence-electron chi connectivity index (χ0n) is 15.0. The van der Waals surface area contributed by atoms with Crippen molar-refractivity contribution in [3.05, 3.63) is 60.5 Å². The van der Waals surface area contributed by atoms with Crippen molar-refractivity contribution in [2.24, 2.45) is 14.1 Å². The molecule has 11 nitrogen and oxygen atoms in total. The van der Waals surface area contributed by atoms with Gasteiger partial charge in [0.05, 0.1) is 22.0 Å². The van der Waals surface area contributed by atoms with Crippen LogP contribution >= 0.6 is 11.6 Å². The van der Waals surface area contributed by atoms with Crippen molar-refractivity contribution in [2.45, 2.75) is 13.0 Å². The quantitative estimate of drug-likeness (QED) is 0.511. The Kier molecular flexibility index (Phi) is 4.77. The monoisotopic (exact) mass is 406 g/mol. The predicted molar refractivity (Wildman–Crippen MR) is 102 cm³/mol. The van der Waals surface area contributed by atoms with Crippen LogP contribution in [0.25, 0.3) is 11.2 Å². The summed E-state index contributed by atoms with van der Waals surface area (Å²) in [6, 6.07) is 2.78. The summed E-state index contributed by atoms with van der Waals surface area (Å²) in [7, 11) is 2.81. The van der Waals surface area contributed by atoms with Crippen LogP contribution in [0, 0.1) is 10.1 Å². The molecule has 0 aliphatic heterocycles. The van der Waals surface area contributed by atoms with Gasteiger partial charge in [0, 0.05) is 26.2 Å². The lowest BCUT2D eigenvalue weighted by molar-refractivity contribution is -0.384. The number of amides is 1. The van der Waals surface area contributed by atoms with E-state index >= 15 is 0 Å². The fourth-order valence-electron chi connectivity index (χ4n) is 2.74. The molecular weight excluding hydrogens is 392 g/mol. The molecule has 0 spiro atoms. The summed E-state index contributed by atoms with van der Waals surface area (Å²) in [6.07, 6.45) is 1.30. The topological polar surface area (TPSA) is 134 Å². The number of imidazole rings is 1. The van der Waals surface area contributed by atoms with Crippen LogP contribution in [0.15, 0.2) is 34.1 Å². The third-order valence-electron chi connectivity index (χ3n) is 4.39. The SMILES string of the molecule is CC(C(=O)Nc1ccc([N+](=O)[O-])cc1Cl)n1cnc2c1c(=O)n(C)c(=O)n2C. The molecule has 0 saturated heterocycles. The molecule has 0 radical (unpaired) electrons. The molecule has 0 saturated carbocycles. The summed E-state index contributed by atoms with van der Waals surface area (Å²) in [6.45, 7) is 1.54. The molecule has 12 heteroatoms. The van der Waals surface area contributed by atoms with E-state index in [0.29, 0.717) is 0 Å². The van der Waals surface area contributed by atoms with E-state index in [1.165, 1.54) is 41.7 Å². The number of hydrogen-bond donors (Lipinski definition) is 1. The number of fused-ring (bicyclic) bond motifs is 1. The largest absolute Gasteiger partial charge is 0.332 e. The number of benzene rings is 1. The number of nitrogens with zero attached hydrogens (tertiary/aromatic N) is 5. The van der Waals surface area contributed by atoms with Crippen molar-refractivity contribution >= 4 is 40.0 Å². The van der Waals surface area contributed by atoms with Gasteiger partial charge in [0.25, 0.3) is 11.2 Å². The average molecular weight is 407 g/mol. The van der Waals surface area contributed by atoms with Crippen LogP contribution in [0.4, 0.5) is 11.4 Å². The number of carbonyl (C=O) groups is 1. The van der Waals surface area contributed by atoms with Crippen molar-refractivity contribution < 1.29 is 9.72 Å². The molecule has 3 rings (SSSR count). The smallest absolute Gasteiger partial charge is 0.323 e. The Morgan fingerprint density at radius 1 is 1.29 bits per heavy atom. The van der Waals surface area contributed by atoms with Gasteiger partial charge in [-0.25, -0.2) is 9.78 Å². The van der Waals surface area contributed by atoms with E-state index in [1.807, 2.05) is 0 Å². The second-order valence-electron chi connectivity index (χ2n) is 6.12. The maximum absolute atomic E-state index is 12.6. The number of hydrogen-bond acceptors (Lipinski definition) is 6. The molecule has 146 valence electrons. The van der Waals surface area contributed by atoms with E-state index in [2.05, 4.69) is 10.3 Å². The highest BCUT2D eigenvalue weighted by Gasteiger charge is 2.22. The molecule has 2 aromatic heterocycles. The van der Waals surface area contributed by atoms with Crippen molar-refractivity contribution in [3.63, 3.8) is 0 Å². The van der Waals surface area contributed by atoms with Gasteiger partial charge in [0.2, 0.25) is 5.91 Å². The van der Waals surface area contributed by atoms with E-state index in [9.17, 15) is 24.5 Å². The lowest BCUT2D eigenvalue weighted by Crippen LogP contribution is -2.38. The fraction of sp³-hybridized carbons (Fsp3) is 0.250. The molecular formula is C16H15ClN6O5. The lowest BCUT2D eigenvalue weighted by Gasteiger charge is -2.15. The van der Waals surface area contributed by atoms with Crippen LogP contribution in [0.2, 0.25) is 5.02 Å². The van der Waals surface area contributed by atoms with Gasteiger partial charge in [-0.3, -0.25) is 28.8 Å². The van der Waals surface area contributed by atoms with E-state index in [-0.39, 0.29) is 27.6 Å². The summed E-state index contributed by atoms with van der Waals surface area (Å²) >= 11 is 6.00. The molecule has 1 N–H and O–H groups in total. The fourth-order valence-corrected chi connectivity index (χ4v) is 2.96. The first-order valence-corrected chi connectivity index (χ1v) is 8.38. The number of anilines is 1. The van der Waals surface area contributed by atoms with Gasteiger partial charge in [-0.2, -0.15) is 0 Å². The lowest BCUT2D eigenvalue weighted by atomic mass is 10.2. The Morgan fingerprint density at radius 2 is 1.96 bits per heavy atom. The van der Waals surface area contributed by atoms with Crippen LogP contribution in [0.3, 0.4) is 0 Å². The van der Waals surface area contributed by atoms with Gasteiger partial charge >= 0.3 is 5.69 Å². The molecule has 28 heavy (non-hydrogen) atoms. The van der Waals surface area contributed by atoms with Gasteiger partial charge < -0.3 is 9.88 Å². The highest BCUT2D eigenvalue weighted by atomic mass is 35.5. The Balaban J connectivity index is 1.98. The Morgan fingerprint density at radius 3 is 2.57 bits per heavy atom. The van der Waals surface area contributed by atoms with E-state index in [0.717, 1.165) is 10.6 Å². The van der Waals surface area contributed by atoms with Crippen molar-refractivity contribution in [2.75, 3.05) is 5.32 Å². The number of aromatic nitrogens is 4. The third-order valence-corrected chi connectivity index (χ3v) is 4.70. The van der Waals surface area contributed by atoms with E-state index < -0.39 is 28.1 Å². The van der Waals surface area contributed by atoms with Crippen molar-refractivity contribution in [1.29, 1.82) is 0 Å². The zero-order chi connectivity index (χ0) is 20.7. The van der Waals surface area contributed by atoms with Gasteiger partial charge in [-0.05, 0) is 13.0 Å². The van der Waals surface area contributed by atoms with Crippen LogP contribution < -0.4 is 16.6 Å². The summed E-state index contributed by atoms with van der Waals surface area (Å²) < 4.78 is 3.50. The first-order valence-electron chi connectivity index (χ1n) is 8.00. The maximum Gasteiger partial charge on any atom is 0.332 e. The van der Waals surface area contributed by atoms with Crippen LogP contribution in [-0.2, 0) is 18.9 Å². The van der Waals surface area contributed by atoms with Crippen LogP contribution in [0.5, 0.6) is 0 Å². The average Bonchev–Trinajstić information content (AvgIpc) is 3.10. The number of nitrogens with one attached hydrogen (secondary N) is 1. The number of non-ortho nitro benzene ring substituents is 1. The number of nitro groups is 1. The number of rotatable bonds is 4. The Hall–Kier alpha value is -3.47. The third kappa shape index (κ3) is 3.05. The van der Waals surface area contributed by atoms with Crippen molar-refractivity contribution in [3.8, 4) is 0 Å².